The molecule has 1 aromatic rings. The lowest BCUT2D eigenvalue weighted by Crippen LogP contribution is -2.19. The third-order valence-corrected chi connectivity index (χ3v) is 3.53. The lowest BCUT2D eigenvalue weighted by atomic mass is 9.95. The van der Waals surface area contributed by atoms with Gasteiger partial charge in [0.05, 0.1) is 0 Å². The quantitative estimate of drug-likeness (QED) is 0.791. The fraction of sp³-hybridized carbons (Fsp3) is 0.500. The molecule has 0 aliphatic heterocycles. The number of hydrogen-bond donors (Lipinski definition) is 2. The Labute approximate surface area is 87.6 Å². The molecule has 14 heavy (non-hydrogen) atoms. The van der Waals surface area contributed by atoms with Gasteiger partial charge in [-0.2, -0.15) is 0 Å². The second kappa shape index (κ2) is 3.71. The monoisotopic (exact) mass is 213 g/mol. The van der Waals surface area contributed by atoms with E-state index >= 15 is 0 Å². The molecule has 0 aromatic carbocycles. The average Bonchev–Trinajstić information content (AvgIpc) is 2.49. The van der Waals surface area contributed by atoms with E-state index in [2.05, 4.69) is 20.8 Å². The van der Waals surface area contributed by atoms with Crippen LogP contribution < -0.4 is 5.73 Å². The highest BCUT2D eigenvalue weighted by Gasteiger charge is 2.21. The van der Waals surface area contributed by atoms with Crippen LogP contribution in [0.4, 0.5) is 0 Å². The van der Waals surface area contributed by atoms with Crippen molar-refractivity contribution in [2.45, 2.75) is 32.2 Å². The zero-order valence-corrected chi connectivity index (χ0v) is 9.39. The smallest absolute Gasteiger partial charge is 0.325 e. The van der Waals surface area contributed by atoms with E-state index in [0.29, 0.717) is 4.88 Å². The lowest BCUT2D eigenvalue weighted by molar-refractivity contribution is -0.138. The van der Waals surface area contributed by atoms with Gasteiger partial charge in [0, 0.05) is 9.75 Å². The SMILES string of the molecule is CC(C)(C)c1ccc(C(N)C(=O)O)s1. The Hall–Kier alpha value is -0.870. The van der Waals surface area contributed by atoms with Crippen LogP contribution in [0.1, 0.15) is 36.6 Å². The number of carboxylic acid groups (broad SMARTS) is 1. The molecule has 1 atom stereocenters. The average molecular weight is 213 g/mol. The summed E-state index contributed by atoms with van der Waals surface area (Å²) in [6.07, 6.45) is 0. The van der Waals surface area contributed by atoms with Gasteiger partial charge in [0.15, 0.2) is 0 Å². The summed E-state index contributed by atoms with van der Waals surface area (Å²) in [5, 5.41) is 8.73. The highest BCUT2D eigenvalue weighted by atomic mass is 32.1. The van der Waals surface area contributed by atoms with Gasteiger partial charge in [-0.05, 0) is 17.5 Å². The molecule has 78 valence electrons. The summed E-state index contributed by atoms with van der Waals surface area (Å²) < 4.78 is 0. The first-order valence-corrected chi connectivity index (χ1v) is 5.22. The van der Waals surface area contributed by atoms with Crippen LogP contribution in [-0.4, -0.2) is 11.1 Å². The summed E-state index contributed by atoms with van der Waals surface area (Å²) in [6, 6.07) is 2.85. The van der Waals surface area contributed by atoms with E-state index in [0.717, 1.165) is 4.88 Å². The van der Waals surface area contributed by atoms with Gasteiger partial charge >= 0.3 is 5.97 Å². The fourth-order valence-corrected chi connectivity index (χ4v) is 2.10. The molecule has 1 unspecified atom stereocenters. The Morgan fingerprint density at radius 2 is 2.07 bits per heavy atom. The van der Waals surface area contributed by atoms with E-state index in [-0.39, 0.29) is 5.41 Å². The summed E-state index contributed by atoms with van der Waals surface area (Å²) in [5.74, 6) is -0.979. The van der Waals surface area contributed by atoms with Crippen LogP contribution in [0.25, 0.3) is 0 Å². The molecule has 4 heteroatoms. The Kier molecular flexibility index (Phi) is 2.97. The highest BCUT2D eigenvalue weighted by molar-refractivity contribution is 7.12. The Morgan fingerprint density at radius 1 is 1.50 bits per heavy atom. The number of carbonyl (C=O) groups is 1. The van der Waals surface area contributed by atoms with Crippen LogP contribution in [0.5, 0.6) is 0 Å². The van der Waals surface area contributed by atoms with Crippen molar-refractivity contribution in [2.24, 2.45) is 5.73 Å². The van der Waals surface area contributed by atoms with Crippen molar-refractivity contribution in [3.8, 4) is 0 Å². The first kappa shape index (κ1) is 11.2. The van der Waals surface area contributed by atoms with Crippen LogP contribution in [0.3, 0.4) is 0 Å². The molecule has 0 amide bonds. The molecular formula is C10H15NO2S. The largest absolute Gasteiger partial charge is 0.480 e. The molecule has 3 nitrogen and oxygen atoms in total. The van der Waals surface area contributed by atoms with Crippen molar-refractivity contribution in [3.05, 3.63) is 21.9 Å². The second-order valence-electron chi connectivity index (χ2n) is 4.27. The third-order valence-electron chi connectivity index (χ3n) is 1.94. The van der Waals surface area contributed by atoms with E-state index in [4.69, 9.17) is 10.8 Å². The molecule has 0 radical (unpaired) electrons. The van der Waals surface area contributed by atoms with Crippen LogP contribution in [0.2, 0.25) is 0 Å². The molecule has 0 aliphatic rings. The predicted octanol–water partition coefficient (Wildman–Crippen LogP) is 2.13. The molecule has 3 N–H and O–H groups in total. The van der Waals surface area contributed by atoms with Gasteiger partial charge in [-0.15, -0.1) is 11.3 Å². The predicted molar refractivity (Wildman–Crippen MR) is 57.6 cm³/mol. The number of carboxylic acids is 1. The van der Waals surface area contributed by atoms with Gasteiger partial charge in [0.1, 0.15) is 6.04 Å². The Bertz CT molecular complexity index is 338. The van der Waals surface area contributed by atoms with Gasteiger partial charge in [-0.25, -0.2) is 0 Å². The number of thiophene rings is 1. The van der Waals surface area contributed by atoms with Crippen LogP contribution in [-0.2, 0) is 10.2 Å². The molecule has 0 saturated carbocycles. The summed E-state index contributed by atoms with van der Waals surface area (Å²) in [5.41, 5.74) is 5.56. The number of aliphatic carboxylic acids is 1. The number of rotatable bonds is 2. The molecule has 0 spiro atoms. The van der Waals surface area contributed by atoms with Crippen LogP contribution in [0, 0.1) is 0 Å². The minimum Gasteiger partial charge on any atom is -0.480 e. The van der Waals surface area contributed by atoms with Gasteiger partial charge in [0.2, 0.25) is 0 Å². The molecule has 1 heterocycles. The van der Waals surface area contributed by atoms with Crippen molar-refractivity contribution in [1.29, 1.82) is 0 Å². The number of hydrogen-bond acceptors (Lipinski definition) is 3. The Morgan fingerprint density at radius 3 is 2.43 bits per heavy atom. The zero-order valence-electron chi connectivity index (χ0n) is 8.57. The topological polar surface area (TPSA) is 63.3 Å². The van der Waals surface area contributed by atoms with E-state index in [1.54, 1.807) is 6.07 Å². The maximum Gasteiger partial charge on any atom is 0.325 e. The van der Waals surface area contributed by atoms with E-state index in [1.807, 2.05) is 6.07 Å². The van der Waals surface area contributed by atoms with E-state index in [1.165, 1.54) is 11.3 Å². The maximum absolute atomic E-state index is 10.6. The Balaban J connectivity index is 2.94. The van der Waals surface area contributed by atoms with Gasteiger partial charge in [-0.3, -0.25) is 4.79 Å². The molecule has 0 fully saturated rings. The minimum atomic E-state index is -0.979. The van der Waals surface area contributed by atoms with Crippen LogP contribution >= 0.6 is 11.3 Å². The lowest BCUT2D eigenvalue weighted by Gasteiger charge is -2.15. The van der Waals surface area contributed by atoms with Crippen LogP contribution in [0.15, 0.2) is 12.1 Å². The van der Waals surface area contributed by atoms with Crippen molar-refractivity contribution >= 4 is 17.3 Å². The molecule has 0 aliphatic carbocycles. The summed E-state index contributed by atoms with van der Waals surface area (Å²) in [4.78, 5) is 12.5. The highest BCUT2D eigenvalue weighted by Crippen LogP contribution is 2.31. The molecule has 1 aromatic heterocycles. The van der Waals surface area contributed by atoms with Gasteiger partial charge in [0.25, 0.3) is 0 Å². The third kappa shape index (κ3) is 2.33. The van der Waals surface area contributed by atoms with Gasteiger partial charge in [-0.1, -0.05) is 20.8 Å². The molecular weight excluding hydrogens is 198 g/mol. The molecule has 1 rings (SSSR count). The van der Waals surface area contributed by atoms with E-state index in [9.17, 15) is 4.79 Å². The van der Waals surface area contributed by atoms with Crippen molar-refractivity contribution < 1.29 is 9.90 Å². The first-order chi connectivity index (χ1) is 6.32. The zero-order chi connectivity index (χ0) is 10.9. The normalized spacial score (nSPS) is 14.0. The van der Waals surface area contributed by atoms with Crippen molar-refractivity contribution in [2.75, 3.05) is 0 Å². The summed E-state index contributed by atoms with van der Waals surface area (Å²) >= 11 is 1.47. The van der Waals surface area contributed by atoms with E-state index < -0.39 is 12.0 Å². The first-order valence-electron chi connectivity index (χ1n) is 4.41. The summed E-state index contributed by atoms with van der Waals surface area (Å²) in [6.45, 7) is 6.28. The van der Waals surface area contributed by atoms with Crippen molar-refractivity contribution in [3.63, 3.8) is 0 Å². The fourth-order valence-electron chi connectivity index (χ4n) is 1.04. The summed E-state index contributed by atoms with van der Waals surface area (Å²) in [7, 11) is 0. The minimum absolute atomic E-state index is 0.0567. The second-order valence-corrected chi connectivity index (χ2v) is 5.38. The number of nitrogens with two attached hydrogens (primary N) is 1. The maximum atomic E-state index is 10.6. The molecule has 0 bridgehead atoms. The van der Waals surface area contributed by atoms with Gasteiger partial charge < -0.3 is 10.8 Å². The molecule has 0 saturated heterocycles. The van der Waals surface area contributed by atoms with Crippen molar-refractivity contribution in [1.82, 2.24) is 0 Å². The standard InChI is InChI=1S/C10H15NO2S/c1-10(2,3)7-5-4-6(14-7)8(11)9(12)13/h4-5,8H,11H2,1-3H3,(H,12,13).